The quantitative estimate of drug-likeness (QED) is 0.309. The molecule has 4 N–H and O–H groups in total. The van der Waals surface area contributed by atoms with Gasteiger partial charge in [0.1, 0.15) is 0 Å². The lowest BCUT2D eigenvalue weighted by Gasteiger charge is -2.26. The van der Waals surface area contributed by atoms with Crippen molar-refractivity contribution in [1.29, 1.82) is 0 Å². The minimum absolute atomic E-state index is 0.0989. The number of benzene rings is 4. The Hall–Kier alpha value is -3.46. The molecule has 0 saturated heterocycles. The lowest BCUT2D eigenvalue weighted by Crippen LogP contribution is -2.22. The van der Waals surface area contributed by atoms with E-state index in [9.17, 15) is 0 Å². The Bertz CT molecular complexity index is 1080. The fourth-order valence-electron chi connectivity index (χ4n) is 4.33. The van der Waals surface area contributed by atoms with Crippen molar-refractivity contribution in [2.24, 2.45) is 0 Å². The van der Waals surface area contributed by atoms with Crippen molar-refractivity contribution in [3.63, 3.8) is 0 Å². The van der Waals surface area contributed by atoms with Crippen LogP contribution in [-0.2, 0) is 0 Å². The number of rotatable bonds is 6. The average Bonchev–Trinajstić information content (AvgIpc) is 2.78. The summed E-state index contributed by atoms with van der Waals surface area (Å²) < 4.78 is 0. The Labute approximate surface area is 178 Å². The Kier molecular flexibility index (Phi) is 5.62. The molecule has 30 heavy (non-hydrogen) atoms. The summed E-state index contributed by atoms with van der Waals surface area (Å²) in [6, 6.07) is 29.7. The van der Waals surface area contributed by atoms with Gasteiger partial charge < -0.3 is 16.4 Å². The second-order valence-corrected chi connectivity index (χ2v) is 7.66. The second-order valence-electron chi connectivity index (χ2n) is 7.66. The number of nitrogens with zero attached hydrogens (tertiary/aromatic N) is 1. The number of nitrogen functional groups attached to an aromatic ring is 2. The van der Waals surface area contributed by atoms with E-state index in [1.54, 1.807) is 0 Å². The lowest BCUT2D eigenvalue weighted by molar-refractivity contribution is 0.869. The van der Waals surface area contributed by atoms with Crippen LogP contribution in [0.15, 0.2) is 84.9 Å². The molecule has 3 nitrogen and oxygen atoms in total. The summed E-state index contributed by atoms with van der Waals surface area (Å²) in [5, 5.41) is 2.56. The summed E-state index contributed by atoms with van der Waals surface area (Å²) in [6.45, 7) is 6.38. The molecule has 0 atom stereocenters. The first kappa shape index (κ1) is 19.8. The molecule has 0 unspecified atom stereocenters. The van der Waals surface area contributed by atoms with Gasteiger partial charge in [-0.15, -0.1) is 0 Å². The van der Waals surface area contributed by atoms with Gasteiger partial charge in [0.25, 0.3) is 0 Å². The van der Waals surface area contributed by atoms with Gasteiger partial charge in [-0.3, -0.25) is 0 Å². The van der Waals surface area contributed by atoms with Gasteiger partial charge in [0.2, 0.25) is 0 Å². The molecule has 0 aromatic heterocycles. The van der Waals surface area contributed by atoms with E-state index in [1.807, 2.05) is 24.3 Å². The van der Waals surface area contributed by atoms with Crippen LogP contribution in [0.1, 0.15) is 36.5 Å². The number of hydrogen-bond acceptors (Lipinski definition) is 3. The highest BCUT2D eigenvalue weighted by Gasteiger charge is 2.21. The molecule has 0 radical (unpaired) electrons. The standard InChI is InChI=1S/C27H29N3/c1-3-30(4-2)26-18-17-25(23-7-5-6-8-24(23)26)27(19-9-13-21(28)14-10-19)20-11-15-22(29)16-12-20/h5-18,27H,3-4,28-29H2,1-2H3. The monoisotopic (exact) mass is 395 g/mol. The molecular formula is C27H29N3. The van der Waals surface area contributed by atoms with Crippen LogP contribution in [0.25, 0.3) is 10.8 Å². The van der Waals surface area contributed by atoms with Crippen LogP contribution in [0.4, 0.5) is 17.1 Å². The van der Waals surface area contributed by atoms with E-state index in [1.165, 1.54) is 33.2 Å². The molecule has 0 aliphatic carbocycles. The van der Waals surface area contributed by atoms with Gasteiger partial charge in [-0.2, -0.15) is 0 Å². The Morgan fingerprint density at radius 3 is 1.63 bits per heavy atom. The number of anilines is 3. The summed E-state index contributed by atoms with van der Waals surface area (Å²) in [5.41, 5.74) is 18.5. The summed E-state index contributed by atoms with van der Waals surface area (Å²) in [4.78, 5) is 2.41. The van der Waals surface area contributed by atoms with E-state index in [-0.39, 0.29) is 5.92 Å². The summed E-state index contributed by atoms with van der Waals surface area (Å²) in [7, 11) is 0. The van der Waals surface area contributed by atoms with Crippen molar-refractivity contribution >= 4 is 27.8 Å². The zero-order valence-corrected chi connectivity index (χ0v) is 17.7. The first-order chi connectivity index (χ1) is 14.6. The molecule has 152 valence electrons. The SMILES string of the molecule is CCN(CC)c1ccc(C(c2ccc(N)cc2)c2ccc(N)cc2)c2ccccc12. The van der Waals surface area contributed by atoms with Crippen molar-refractivity contribution in [3.8, 4) is 0 Å². The third kappa shape index (κ3) is 3.71. The molecule has 4 aromatic carbocycles. The van der Waals surface area contributed by atoms with Crippen molar-refractivity contribution < 1.29 is 0 Å². The van der Waals surface area contributed by atoms with E-state index in [0.29, 0.717) is 0 Å². The molecule has 4 aromatic rings. The van der Waals surface area contributed by atoms with E-state index < -0.39 is 0 Å². The van der Waals surface area contributed by atoms with Crippen LogP contribution in [0, 0.1) is 0 Å². The van der Waals surface area contributed by atoms with Gasteiger partial charge in [-0.25, -0.2) is 0 Å². The minimum Gasteiger partial charge on any atom is -0.399 e. The van der Waals surface area contributed by atoms with Crippen LogP contribution in [-0.4, -0.2) is 13.1 Å². The highest BCUT2D eigenvalue weighted by Crippen LogP contribution is 2.39. The van der Waals surface area contributed by atoms with Crippen molar-refractivity contribution in [2.45, 2.75) is 19.8 Å². The molecule has 0 fully saturated rings. The van der Waals surface area contributed by atoms with Crippen LogP contribution in [0.3, 0.4) is 0 Å². The molecule has 0 bridgehead atoms. The van der Waals surface area contributed by atoms with Gasteiger partial charge in [-0.05, 0) is 66.3 Å². The average molecular weight is 396 g/mol. The molecule has 0 amide bonds. The molecular weight excluding hydrogens is 366 g/mol. The molecule has 0 aliphatic heterocycles. The molecule has 4 rings (SSSR count). The minimum atomic E-state index is 0.0989. The van der Waals surface area contributed by atoms with Gasteiger partial charge >= 0.3 is 0 Å². The van der Waals surface area contributed by atoms with E-state index in [4.69, 9.17) is 11.5 Å². The predicted octanol–water partition coefficient (Wildman–Crippen LogP) is 6.03. The first-order valence-corrected chi connectivity index (χ1v) is 10.6. The highest BCUT2D eigenvalue weighted by molar-refractivity contribution is 5.97. The van der Waals surface area contributed by atoms with Crippen LogP contribution < -0.4 is 16.4 Å². The van der Waals surface area contributed by atoms with Gasteiger partial charge in [0.15, 0.2) is 0 Å². The van der Waals surface area contributed by atoms with E-state index >= 15 is 0 Å². The molecule has 0 saturated carbocycles. The number of nitrogens with two attached hydrogens (primary N) is 2. The van der Waals surface area contributed by atoms with Gasteiger partial charge in [-0.1, -0.05) is 54.6 Å². The smallest absolute Gasteiger partial charge is 0.0445 e. The van der Waals surface area contributed by atoms with Crippen molar-refractivity contribution in [3.05, 3.63) is 102 Å². The predicted molar refractivity (Wildman–Crippen MR) is 130 cm³/mol. The molecule has 0 spiro atoms. The normalized spacial score (nSPS) is 11.2. The topological polar surface area (TPSA) is 55.3 Å². The molecule has 0 heterocycles. The third-order valence-corrected chi connectivity index (χ3v) is 5.89. The maximum absolute atomic E-state index is 5.98. The maximum atomic E-state index is 5.98. The fourth-order valence-corrected chi connectivity index (χ4v) is 4.33. The first-order valence-electron chi connectivity index (χ1n) is 10.6. The summed E-state index contributed by atoms with van der Waals surface area (Å²) in [6.07, 6.45) is 0. The molecule has 3 heteroatoms. The van der Waals surface area contributed by atoms with Crippen molar-refractivity contribution in [1.82, 2.24) is 0 Å². The fraction of sp³-hybridized carbons (Fsp3) is 0.185. The van der Waals surface area contributed by atoms with Crippen molar-refractivity contribution in [2.75, 3.05) is 29.5 Å². The van der Waals surface area contributed by atoms with Crippen LogP contribution in [0.5, 0.6) is 0 Å². The molecule has 0 aliphatic rings. The number of fused-ring (bicyclic) bond motifs is 1. The third-order valence-electron chi connectivity index (χ3n) is 5.89. The maximum Gasteiger partial charge on any atom is 0.0445 e. The van der Waals surface area contributed by atoms with Gasteiger partial charge in [0.05, 0.1) is 0 Å². The largest absolute Gasteiger partial charge is 0.399 e. The van der Waals surface area contributed by atoms with E-state index in [2.05, 4.69) is 79.4 Å². The van der Waals surface area contributed by atoms with Crippen LogP contribution in [0.2, 0.25) is 0 Å². The zero-order chi connectivity index (χ0) is 21.1. The number of hydrogen-bond donors (Lipinski definition) is 2. The Morgan fingerprint density at radius 2 is 1.13 bits per heavy atom. The summed E-state index contributed by atoms with van der Waals surface area (Å²) in [5.74, 6) is 0.0989. The summed E-state index contributed by atoms with van der Waals surface area (Å²) >= 11 is 0. The second kappa shape index (κ2) is 8.50. The van der Waals surface area contributed by atoms with Crippen LogP contribution >= 0.6 is 0 Å². The lowest BCUT2D eigenvalue weighted by atomic mass is 9.82. The zero-order valence-electron chi connectivity index (χ0n) is 17.7. The van der Waals surface area contributed by atoms with E-state index in [0.717, 1.165) is 24.5 Å². The van der Waals surface area contributed by atoms with Gasteiger partial charge in [0, 0.05) is 41.5 Å². The highest BCUT2D eigenvalue weighted by atomic mass is 15.1. The Balaban J connectivity index is 1.96. The Morgan fingerprint density at radius 1 is 0.633 bits per heavy atom.